The number of nitrogens with one attached hydrogen (secondary N) is 1. The van der Waals surface area contributed by atoms with Crippen molar-refractivity contribution < 1.29 is 32.6 Å². The van der Waals surface area contributed by atoms with Gasteiger partial charge in [0, 0.05) is 30.6 Å². The highest BCUT2D eigenvalue weighted by molar-refractivity contribution is 7.93. The average molecular weight is 529 g/mol. The van der Waals surface area contributed by atoms with Crippen molar-refractivity contribution in [1.29, 1.82) is 0 Å². The lowest BCUT2D eigenvalue weighted by atomic mass is 9.87. The summed E-state index contributed by atoms with van der Waals surface area (Å²) in [5, 5.41) is 11.9. The number of benzene rings is 2. The number of carbonyl (C=O) groups excluding carboxylic acids is 2. The summed E-state index contributed by atoms with van der Waals surface area (Å²) in [5.74, 6) is -0.529. The second-order valence-corrected chi connectivity index (χ2v) is 11.5. The Hall–Kier alpha value is -3.40. The maximum Gasteiger partial charge on any atom is 0.306 e. The first-order valence-electron chi connectivity index (χ1n) is 12.6. The molecule has 0 radical (unpaired) electrons. The van der Waals surface area contributed by atoms with Gasteiger partial charge in [-0.05, 0) is 87.1 Å². The molecule has 0 unspecified atom stereocenters. The zero-order valence-electron chi connectivity index (χ0n) is 20.6. The number of rotatable bonds is 10. The van der Waals surface area contributed by atoms with Crippen molar-refractivity contribution >= 4 is 33.4 Å². The molecule has 37 heavy (non-hydrogen) atoms. The summed E-state index contributed by atoms with van der Waals surface area (Å²) in [4.78, 5) is 36.0. The van der Waals surface area contributed by atoms with Crippen LogP contribution in [0.15, 0.2) is 48.5 Å². The van der Waals surface area contributed by atoms with Crippen LogP contribution in [0.25, 0.3) is 0 Å². The van der Waals surface area contributed by atoms with Crippen molar-refractivity contribution in [3.8, 4) is 5.75 Å². The SMILES string of the molecule is O=C(CCCNC(=O)c1ccc(N2CCCS2(=O)=O)cc1)c1ccc(OC2CCC(C(=O)O)CC2)cc1. The van der Waals surface area contributed by atoms with Crippen LogP contribution in [-0.2, 0) is 14.8 Å². The van der Waals surface area contributed by atoms with E-state index >= 15 is 0 Å². The van der Waals surface area contributed by atoms with E-state index in [0.29, 0.717) is 74.2 Å². The van der Waals surface area contributed by atoms with E-state index in [1.165, 1.54) is 4.31 Å². The van der Waals surface area contributed by atoms with Gasteiger partial charge in [0.05, 0.1) is 23.5 Å². The predicted molar refractivity (Wildman–Crippen MR) is 139 cm³/mol. The standard InChI is InChI=1S/C27H32N2O7S/c30-25(19-6-12-23(13-7-19)36-24-14-8-21(9-15-24)27(32)33)3-1-16-28-26(31)20-4-10-22(11-5-20)29-17-2-18-37(29,34)35/h4-7,10-13,21,24H,1-3,8-9,14-18H2,(H,28,31)(H,32,33). The number of hydrogen-bond donors (Lipinski definition) is 2. The van der Waals surface area contributed by atoms with Gasteiger partial charge in [-0.1, -0.05) is 0 Å². The second kappa shape index (κ2) is 11.8. The number of carboxylic acid groups (broad SMARTS) is 1. The number of amides is 1. The van der Waals surface area contributed by atoms with Crippen LogP contribution in [-0.4, -0.2) is 56.1 Å². The molecule has 2 N–H and O–H groups in total. The van der Waals surface area contributed by atoms with Gasteiger partial charge in [0.2, 0.25) is 10.0 Å². The van der Waals surface area contributed by atoms with E-state index in [4.69, 9.17) is 9.84 Å². The van der Waals surface area contributed by atoms with Crippen LogP contribution in [0.5, 0.6) is 5.75 Å². The van der Waals surface area contributed by atoms with Crippen LogP contribution in [0, 0.1) is 5.92 Å². The molecule has 1 aliphatic carbocycles. The minimum Gasteiger partial charge on any atom is -0.490 e. The number of Topliss-reactive ketones (excluding diaryl/α,β-unsaturated/α-hetero) is 1. The normalized spacial score (nSPS) is 20.8. The van der Waals surface area contributed by atoms with Gasteiger partial charge in [-0.15, -0.1) is 0 Å². The number of ether oxygens (including phenoxy) is 1. The van der Waals surface area contributed by atoms with Crippen LogP contribution in [0.2, 0.25) is 0 Å². The first-order chi connectivity index (χ1) is 17.7. The van der Waals surface area contributed by atoms with E-state index in [1.54, 1.807) is 48.5 Å². The maximum atomic E-state index is 12.5. The van der Waals surface area contributed by atoms with Gasteiger partial charge in [0.1, 0.15) is 5.75 Å². The summed E-state index contributed by atoms with van der Waals surface area (Å²) >= 11 is 0. The Morgan fingerprint density at radius 2 is 1.59 bits per heavy atom. The van der Waals surface area contributed by atoms with E-state index in [2.05, 4.69) is 5.32 Å². The lowest BCUT2D eigenvalue weighted by Crippen LogP contribution is -2.27. The largest absolute Gasteiger partial charge is 0.490 e. The fourth-order valence-corrected chi connectivity index (χ4v) is 6.31. The molecule has 9 nitrogen and oxygen atoms in total. The summed E-state index contributed by atoms with van der Waals surface area (Å²) in [5.41, 5.74) is 1.56. The first-order valence-corrected chi connectivity index (χ1v) is 14.3. The van der Waals surface area contributed by atoms with Crippen LogP contribution in [0.3, 0.4) is 0 Å². The van der Waals surface area contributed by atoms with Crippen LogP contribution in [0.4, 0.5) is 5.69 Å². The van der Waals surface area contributed by atoms with Crippen LogP contribution >= 0.6 is 0 Å². The van der Waals surface area contributed by atoms with Gasteiger partial charge < -0.3 is 15.2 Å². The molecule has 2 aromatic carbocycles. The number of ketones is 1. The van der Waals surface area contributed by atoms with Crippen molar-refractivity contribution in [2.24, 2.45) is 5.92 Å². The molecule has 10 heteroatoms. The summed E-state index contributed by atoms with van der Waals surface area (Å²) in [6, 6.07) is 13.4. The third-order valence-corrected chi connectivity index (χ3v) is 8.75. The van der Waals surface area contributed by atoms with Gasteiger partial charge in [-0.2, -0.15) is 0 Å². The lowest BCUT2D eigenvalue weighted by molar-refractivity contribution is -0.143. The number of aliphatic carboxylic acids is 1. The zero-order valence-corrected chi connectivity index (χ0v) is 21.4. The highest BCUT2D eigenvalue weighted by Gasteiger charge is 2.28. The predicted octanol–water partition coefficient (Wildman–Crippen LogP) is 3.64. The monoisotopic (exact) mass is 528 g/mol. The molecule has 1 amide bonds. The van der Waals surface area contributed by atoms with Gasteiger partial charge in [0.15, 0.2) is 5.78 Å². The lowest BCUT2D eigenvalue weighted by Gasteiger charge is -2.26. The minimum absolute atomic E-state index is 0.00905. The highest BCUT2D eigenvalue weighted by Crippen LogP contribution is 2.28. The fraction of sp³-hybridized carbons (Fsp3) is 0.444. The summed E-state index contributed by atoms with van der Waals surface area (Å²) in [7, 11) is -3.26. The number of anilines is 1. The number of carboxylic acids is 1. The quantitative estimate of drug-likeness (QED) is 0.356. The van der Waals surface area contributed by atoms with Crippen molar-refractivity contribution in [3.63, 3.8) is 0 Å². The average Bonchev–Trinajstić information content (AvgIpc) is 3.26. The molecule has 0 aromatic heterocycles. The Bertz CT molecular complexity index is 1220. The molecular weight excluding hydrogens is 496 g/mol. The molecule has 1 saturated carbocycles. The molecule has 0 spiro atoms. The molecule has 1 saturated heterocycles. The van der Waals surface area contributed by atoms with Crippen molar-refractivity contribution in [3.05, 3.63) is 59.7 Å². The Morgan fingerprint density at radius 1 is 0.946 bits per heavy atom. The number of sulfonamides is 1. The molecule has 2 fully saturated rings. The van der Waals surface area contributed by atoms with Gasteiger partial charge in [0.25, 0.3) is 5.91 Å². The van der Waals surface area contributed by atoms with Crippen LogP contribution in [0.1, 0.15) is 65.7 Å². The summed E-state index contributed by atoms with van der Waals surface area (Å²) < 4.78 is 31.4. The summed E-state index contributed by atoms with van der Waals surface area (Å²) in [6.07, 6.45) is 3.98. The van der Waals surface area contributed by atoms with Gasteiger partial charge in [-0.25, -0.2) is 8.42 Å². The molecular formula is C27H32N2O7S. The number of hydrogen-bond acceptors (Lipinski definition) is 6. The topological polar surface area (TPSA) is 130 Å². The zero-order chi connectivity index (χ0) is 26.4. The fourth-order valence-electron chi connectivity index (χ4n) is 4.75. The highest BCUT2D eigenvalue weighted by atomic mass is 32.2. The smallest absolute Gasteiger partial charge is 0.306 e. The Balaban J connectivity index is 1.17. The Morgan fingerprint density at radius 3 is 2.19 bits per heavy atom. The molecule has 4 rings (SSSR count). The van der Waals surface area contributed by atoms with Gasteiger partial charge in [-0.3, -0.25) is 18.7 Å². The number of nitrogens with zero attached hydrogens (tertiary/aromatic N) is 1. The van der Waals surface area contributed by atoms with Crippen LogP contribution < -0.4 is 14.4 Å². The first kappa shape index (κ1) is 26.7. The van der Waals surface area contributed by atoms with E-state index in [9.17, 15) is 22.8 Å². The second-order valence-electron chi connectivity index (χ2n) is 9.53. The minimum atomic E-state index is -3.26. The van der Waals surface area contributed by atoms with Crippen molar-refractivity contribution in [2.45, 2.75) is 51.0 Å². The van der Waals surface area contributed by atoms with E-state index in [0.717, 1.165) is 0 Å². The molecule has 1 aliphatic heterocycles. The molecule has 198 valence electrons. The number of carbonyl (C=O) groups is 3. The molecule has 0 bridgehead atoms. The Kier molecular flexibility index (Phi) is 8.48. The molecule has 0 atom stereocenters. The molecule has 2 aromatic rings. The van der Waals surface area contributed by atoms with E-state index in [1.807, 2.05) is 0 Å². The Labute approximate surface area is 216 Å². The van der Waals surface area contributed by atoms with Crippen molar-refractivity contribution in [1.82, 2.24) is 5.32 Å². The van der Waals surface area contributed by atoms with Crippen molar-refractivity contribution in [2.75, 3.05) is 23.1 Å². The van der Waals surface area contributed by atoms with E-state index < -0.39 is 16.0 Å². The van der Waals surface area contributed by atoms with Gasteiger partial charge >= 0.3 is 5.97 Å². The third-order valence-electron chi connectivity index (χ3n) is 6.89. The summed E-state index contributed by atoms with van der Waals surface area (Å²) in [6.45, 7) is 0.792. The molecule has 2 aliphatic rings. The third kappa shape index (κ3) is 6.88. The molecule has 1 heterocycles. The maximum absolute atomic E-state index is 12.5. The van der Waals surface area contributed by atoms with E-state index in [-0.39, 0.29) is 35.9 Å².